The van der Waals surface area contributed by atoms with E-state index in [1.807, 2.05) is 43.0 Å². The van der Waals surface area contributed by atoms with E-state index >= 15 is 0 Å². The average Bonchev–Trinajstić information content (AvgIpc) is 3.69. The third kappa shape index (κ3) is 4.21. The highest BCUT2D eigenvalue weighted by atomic mass is 15.1. The fraction of sp³-hybridized carbons (Fsp3) is 0. The Labute approximate surface area is 265 Å². The van der Waals surface area contributed by atoms with Crippen molar-refractivity contribution in [2.75, 3.05) is 0 Å². The molecule has 5 nitrogen and oxygen atoms in total. The molecule has 0 saturated heterocycles. The van der Waals surface area contributed by atoms with Gasteiger partial charge in [-0.25, -0.2) is 4.98 Å². The number of fused-ring (bicyclic) bond motifs is 5. The van der Waals surface area contributed by atoms with E-state index in [1.54, 1.807) is 0 Å². The van der Waals surface area contributed by atoms with Crippen LogP contribution in [0.4, 0.5) is 0 Å². The summed E-state index contributed by atoms with van der Waals surface area (Å²) in [5, 5.41) is 2.30. The second-order valence-electron chi connectivity index (χ2n) is 11.4. The van der Waals surface area contributed by atoms with Gasteiger partial charge >= 0.3 is 0 Å². The van der Waals surface area contributed by atoms with Crippen LogP contribution in [0.3, 0.4) is 0 Å². The van der Waals surface area contributed by atoms with Crippen LogP contribution in [-0.4, -0.2) is 24.1 Å². The lowest BCUT2D eigenvalue weighted by molar-refractivity contribution is 1.10. The number of benzene rings is 5. The number of rotatable bonds is 5. The quantitative estimate of drug-likeness (QED) is 0.201. The maximum Gasteiger partial charge on any atom is 0.145 e. The fourth-order valence-electron chi connectivity index (χ4n) is 6.63. The second-order valence-corrected chi connectivity index (χ2v) is 11.4. The Hall–Kier alpha value is -6.33. The lowest BCUT2D eigenvalue weighted by Crippen LogP contribution is -1.97. The van der Waals surface area contributed by atoms with Crippen LogP contribution in [0, 0.1) is 0 Å². The molecule has 0 saturated carbocycles. The van der Waals surface area contributed by atoms with E-state index in [0.29, 0.717) is 0 Å². The van der Waals surface area contributed by atoms with Gasteiger partial charge in [-0.05, 0) is 71.8 Å². The SMILES string of the molecule is c1ccc(-c2nc3c4c5ccccc5n(-c5cc(-c6cccnc6)cc(-c6cccnc6)c5)c4ccc3n2-c2ccccc2)cc1. The van der Waals surface area contributed by atoms with Crippen molar-refractivity contribution in [3.8, 4) is 45.0 Å². The number of hydrogen-bond acceptors (Lipinski definition) is 3. The lowest BCUT2D eigenvalue weighted by atomic mass is 9.99. The first-order chi connectivity index (χ1) is 22.8. The van der Waals surface area contributed by atoms with Crippen LogP contribution in [0.15, 0.2) is 164 Å². The first kappa shape index (κ1) is 26.1. The summed E-state index contributed by atoms with van der Waals surface area (Å²) in [5.41, 5.74) is 11.8. The van der Waals surface area contributed by atoms with Crippen molar-refractivity contribution in [3.63, 3.8) is 0 Å². The van der Waals surface area contributed by atoms with E-state index in [9.17, 15) is 0 Å². The van der Waals surface area contributed by atoms with Gasteiger partial charge < -0.3 is 4.57 Å². The molecule has 5 aromatic carbocycles. The fourth-order valence-corrected chi connectivity index (χ4v) is 6.63. The standard InChI is InChI=1S/C41H27N5/c1-3-11-28(12-4-1)41-44-40-38(46(41)33-15-5-2-6-16-33)20-19-37-39(40)35-17-7-8-18-36(35)45(37)34-24-31(29-13-9-21-42-26-29)23-32(25-34)30-14-10-22-43-27-30/h1-27H. The Morgan fingerprint density at radius 1 is 0.413 bits per heavy atom. The number of hydrogen-bond donors (Lipinski definition) is 0. The normalized spacial score (nSPS) is 11.5. The summed E-state index contributed by atoms with van der Waals surface area (Å²) < 4.78 is 4.65. The molecule has 0 bridgehead atoms. The number of nitrogens with zero attached hydrogens (tertiary/aromatic N) is 5. The van der Waals surface area contributed by atoms with Crippen LogP contribution >= 0.6 is 0 Å². The van der Waals surface area contributed by atoms with Crippen LogP contribution in [0.1, 0.15) is 0 Å². The zero-order valence-electron chi connectivity index (χ0n) is 24.8. The topological polar surface area (TPSA) is 48.5 Å². The van der Waals surface area contributed by atoms with Crippen LogP contribution in [0.25, 0.3) is 77.9 Å². The highest BCUT2D eigenvalue weighted by Gasteiger charge is 2.21. The number of pyridine rings is 2. The Morgan fingerprint density at radius 2 is 1.02 bits per heavy atom. The molecule has 9 aromatic rings. The molecule has 0 unspecified atom stereocenters. The van der Waals surface area contributed by atoms with Crippen molar-refractivity contribution in [2.45, 2.75) is 0 Å². The zero-order chi connectivity index (χ0) is 30.5. The van der Waals surface area contributed by atoms with E-state index in [1.165, 1.54) is 0 Å². The number of para-hydroxylation sites is 2. The third-order valence-corrected chi connectivity index (χ3v) is 8.67. The van der Waals surface area contributed by atoms with Gasteiger partial charge in [-0.15, -0.1) is 0 Å². The maximum absolute atomic E-state index is 5.41. The van der Waals surface area contributed by atoms with Crippen molar-refractivity contribution < 1.29 is 0 Å². The van der Waals surface area contributed by atoms with Crippen LogP contribution < -0.4 is 0 Å². The second kappa shape index (κ2) is 10.7. The Kier molecular flexibility index (Phi) is 6.06. The van der Waals surface area contributed by atoms with E-state index in [0.717, 1.165) is 77.9 Å². The van der Waals surface area contributed by atoms with Gasteiger partial charge in [-0.3, -0.25) is 14.5 Å². The first-order valence-electron chi connectivity index (χ1n) is 15.4. The largest absolute Gasteiger partial charge is 0.309 e. The van der Waals surface area contributed by atoms with Crippen molar-refractivity contribution >= 4 is 32.8 Å². The van der Waals surface area contributed by atoms with E-state index in [4.69, 9.17) is 4.98 Å². The summed E-state index contributed by atoms with van der Waals surface area (Å²) in [4.78, 5) is 14.2. The number of imidazole rings is 1. The van der Waals surface area contributed by atoms with E-state index in [-0.39, 0.29) is 0 Å². The summed E-state index contributed by atoms with van der Waals surface area (Å²) in [5.74, 6) is 0.920. The van der Waals surface area contributed by atoms with Crippen LogP contribution in [-0.2, 0) is 0 Å². The molecule has 0 atom stereocenters. The summed E-state index contributed by atoms with van der Waals surface area (Å²) >= 11 is 0. The van der Waals surface area contributed by atoms with Gasteiger partial charge in [0, 0.05) is 63.6 Å². The molecule has 9 rings (SSSR count). The molecule has 0 spiro atoms. The average molecular weight is 590 g/mol. The molecular formula is C41H27N5. The lowest BCUT2D eigenvalue weighted by Gasteiger charge is -2.14. The van der Waals surface area contributed by atoms with Gasteiger partial charge in [0.25, 0.3) is 0 Å². The van der Waals surface area contributed by atoms with E-state index < -0.39 is 0 Å². The molecule has 4 aromatic heterocycles. The molecule has 5 heteroatoms. The highest BCUT2D eigenvalue weighted by Crippen LogP contribution is 2.40. The summed E-state index contributed by atoms with van der Waals surface area (Å²) in [6, 6.07) is 49.0. The number of aromatic nitrogens is 5. The molecule has 0 aliphatic heterocycles. The minimum absolute atomic E-state index is 0.920. The van der Waals surface area contributed by atoms with Gasteiger partial charge in [0.2, 0.25) is 0 Å². The predicted molar refractivity (Wildman–Crippen MR) is 187 cm³/mol. The van der Waals surface area contributed by atoms with Crippen molar-refractivity contribution in [1.29, 1.82) is 0 Å². The Balaban J connectivity index is 1.38. The van der Waals surface area contributed by atoms with Gasteiger partial charge in [-0.2, -0.15) is 0 Å². The maximum atomic E-state index is 5.41. The molecule has 46 heavy (non-hydrogen) atoms. The summed E-state index contributed by atoms with van der Waals surface area (Å²) in [7, 11) is 0. The van der Waals surface area contributed by atoms with Crippen LogP contribution in [0.5, 0.6) is 0 Å². The molecule has 0 aliphatic carbocycles. The zero-order valence-corrected chi connectivity index (χ0v) is 24.8. The molecule has 0 amide bonds. The first-order valence-corrected chi connectivity index (χ1v) is 15.4. The van der Waals surface area contributed by atoms with Crippen molar-refractivity contribution in [2.24, 2.45) is 0 Å². The molecule has 0 fully saturated rings. The van der Waals surface area contributed by atoms with Crippen LogP contribution in [0.2, 0.25) is 0 Å². The molecule has 0 N–H and O–H groups in total. The molecule has 216 valence electrons. The molecule has 4 heterocycles. The third-order valence-electron chi connectivity index (χ3n) is 8.67. The van der Waals surface area contributed by atoms with Gasteiger partial charge in [-0.1, -0.05) is 78.9 Å². The smallest absolute Gasteiger partial charge is 0.145 e. The van der Waals surface area contributed by atoms with Gasteiger partial charge in [0.15, 0.2) is 0 Å². The predicted octanol–water partition coefficient (Wildman–Crippen LogP) is 9.91. The summed E-state index contributed by atoms with van der Waals surface area (Å²) in [6.07, 6.45) is 7.46. The van der Waals surface area contributed by atoms with Crippen molar-refractivity contribution in [3.05, 3.63) is 164 Å². The van der Waals surface area contributed by atoms with Gasteiger partial charge in [0.1, 0.15) is 5.82 Å². The minimum atomic E-state index is 0.920. The monoisotopic (exact) mass is 589 g/mol. The molecular weight excluding hydrogens is 562 g/mol. The summed E-state index contributed by atoms with van der Waals surface area (Å²) in [6.45, 7) is 0. The minimum Gasteiger partial charge on any atom is -0.309 e. The van der Waals surface area contributed by atoms with Crippen molar-refractivity contribution in [1.82, 2.24) is 24.1 Å². The Morgan fingerprint density at radius 3 is 1.70 bits per heavy atom. The van der Waals surface area contributed by atoms with Gasteiger partial charge in [0.05, 0.1) is 22.1 Å². The highest BCUT2D eigenvalue weighted by molar-refractivity contribution is 6.20. The molecule has 0 aliphatic rings. The Bertz CT molecular complexity index is 2440. The van der Waals surface area contributed by atoms with E-state index in [2.05, 4.69) is 140 Å². The molecule has 0 radical (unpaired) electrons.